The molecule has 0 spiro atoms. The van der Waals surface area contributed by atoms with Crippen LogP contribution >= 0.6 is 39.7 Å². The molecule has 0 fully saturated rings. The van der Waals surface area contributed by atoms with Crippen molar-refractivity contribution in [3.05, 3.63) is 43.9 Å². The molecule has 0 saturated carbocycles. The Morgan fingerprint density at radius 1 is 1.55 bits per heavy atom. The van der Waals surface area contributed by atoms with Crippen LogP contribution in [0.4, 0.5) is 0 Å². The maximum atomic E-state index is 12.1. The number of aromatic amines is 1. The molecule has 1 aromatic carbocycles. The van der Waals surface area contributed by atoms with Gasteiger partial charge in [-0.2, -0.15) is 5.10 Å². The van der Waals surface area contributed by atoms with Crippen molar-refractivity contribution in [1.29, 1.82) is 0 Å². The number of aromatic nitrogens is 3. The van der Waals surface area contributed by atoms with Gasteiger partial charge in [-0.3, -0.25) is 14.5 Å². The van der Waals surface area contributed by atoms with Gasteiger partial charge in [0.1, 0.15) is 12.4 Å². The smallest absolute Gasteiger partial charge is 0.240 e. The average molecular weight is 404 g/mol. The van der Waals surface area contributed by atoms with Crippen LogP contribution in [0.1, 0.15) is 24.7 Å². The van der Waals surface area contributed by atoms with Gasteiger partial charge in [-0.1, -0.05) is 40.5 Å². The van der Waals surface area contributed by atoms with E-state index in [0.717, 1.165) is 28.7 Å². The molecule has 2 rings (SSSR count). The van der Waals surface area contributed by atoms with E-state index in [0.29, 0.717) is 16.3 Å². The summed E-state index contributed by atoms with van der Waals surface area (Å²) in [6.45, 7) is 2.58. The molecule has 0 saturated heterocycles. The summed E-state index contributed by atoms with van der Waals surface area (Å²) < 4.78 is 3.08. The van der Waals surface area contributed by atoms with Gasteiger partial charge < -0.3 is 5.32 Å². The summed E-state index contributed by atoms with van der Waals surface area (Å²) in [6.07, 6.45) is 1.72. The van der Waals surface area contributed by atoms with E-state index >= 15 is 0 Å². The number of nitrogens with one attached hydrogen (secondary N) is 2. The van der Waals surface area contributed by atoms with Crippen LogP contribution in [-0.4, -0.2) is 20.7 Å². The molecule has 1 heterocycles. The van der Waals surface area contributed by atoms with E-state index in [2.05, 4.69) is 38.4 Å². The summed E-state index contributed by atoms with van der Waals surface area (Å²) in [6, 6.07) is 5.56. The van der Waals surface area contributed by atoms with Crippen molar-refractivity contribution >= 4 is 45.7 Å². The van der Waals surface area contributed by atoms with Crippen molar-refractivity contribution in [2.75, 3.05) is 0 Å². The lowest BCUT2D eigenvalue weighted by Crippen LogP contribution is -2.28. The molecule has 0 aliphatic carbocycles. The van der Waals surface area contributed by atoms with Crippen LogP contribution in [0.5, 0.6) is 0 Å². The minimum absolute atomic E-state index is 0.131. The number of carbonyl (C=O) groups excluding carboxylic acids is 1. The second-order valence-corrected chi connectivity index (χ2v) is 6.50. The second kappa shape index (κ2) is 7.89. The number of hydrogen-bond donors (Lipinski definition) is 2. The Bertz CT molecular complexity index is 728. The maximum absolute atomic E-state index is 12.1. The number of carbonyl (C=O) groups is 1. The zero-order chi connectivity index (χ0) is 16.1. The zero-order valence-electron chi connectivity index (χ0n) is 12.0. The third-order valence-corrected chi connectivity index (χ3v) is 4.26. The fourth-order valence-electron chi connectivity index (χ4n) is 1.99. The third-order valence-electron chi connectivity index (χ3n) is 3.10. The molecule has 0 radical (unpaired) electrons. The van der Waals surface area contributed by atoms with Crippen LogP contribution in [0.2, 0.25) is 5.02 Å². The van der Waals surface area contributed by atoms with Gasteiger partial charge in [0.25, 0.3) is 0 Å². The lowest BCUT2D eigenvalue weighted by Gasteiger charge is -2.09. The van der Waals surface area contributed by atoms with Gasteiger partial charge in [0.2, 0.25) is 5.91 Å². The van der Waals surface area contributed by atoms with Crippen LogP contribution in [0, 0.1) is 4.77 Å². The van der Waals surface area contributed by atoms with Gasteiger partial charge in [-0.15, -0.1) is 0 Å². The molecule has 118 valence electrons. The number of H-pyrrole nitrogens is 1. The van der Waals surface area contributed by atoms with Gasteiger partial charge in [0.05, 0.1) is 0 Å². The van der Waals surface area contributed by atoms with Crippen LogP contribution < -0.4 is 5.32 Å². The fraction of sp³-hybridized carbons (Fsp3) is 0.357. The van der Waals surface area contributed by atoms with Crippen molar-refractivity contribution in [2.24, 2.45) is 0 Å². The molecule has 0 atom stereocenters. The first-order valence-electron chi connectivity index (χ1n) is 6.86. The van der Waals surface area contributed by atoms with Crippen LogP contribution in [0.15, 0.2) is 22.7 Å². The van der Waals surface area contributed by atoms with Gasteiger partial charge in [0, 0.05) is 22.5 Å². The molecule has 0 unspecified atom stereocenters. The Balaban J connectivity index is 1.99. The van der Waals surface area contributed by atoms with Crippen molar-refractivity contribution in [1.82, 2.24) is 20.1 Å². The molecular formula is C14H16BrClN4OS. The molecule has 5 nitrogen and oxygen atoms in total. The second-order valence-electron chi connectivity index (χ2n) is 4.79. The van der Waals surface area contributed by atoms with E-state index in [1.54, 1.807) is 10.6 Å². The highest BCUT2D eigenvalue weighted by atomic mass is 79.9. The Kier molecular flexibility index (Phi) is 6.16. The number of benzene rings is 1. The van der Waals surface area contributed by atoms with Crippen molar-refractivity contribution in [2.45, 2.75) is 32.9 Å². The van der Waals surface area contributed by atoms with Crippen LogP contribution in [0.3, 0.4) is 0 Å². The normalized spacial score (nSPS) is 10.7. The van der Waals surface area contributed by atoms with E-state index < -0.39 is 0 Å². The summed E-state index contributed by atoms with van der Waals surface area (Å²) >= 11 is 14.6. The monoisotopic (exact) mass is 402 g/mol. The van der Waals surface area contributed by atoms with E-state index in [1.807, 2.05) is 12.1 Å². The number of amides is 1. The lowest BCUT2D eigenvalue weighted by atomic mass is 10.2. The molecule has 22 heavy (non-hydrogen) atoms. The van der Waals surface area contributed by atoms with Gasteiger partial charge in [-0.25, -0.2) is 0 Å². The Morgan fingerprint density at radius 2 is 2.32 bits per heavy atom. The summed E-state index contributed by atoms with van der Waals surface area (Å²) in [7, 11) is 0. The predicted molar refractivity (Wildman–Crippen MR) is 92.4 cm³/mol. The average Bonchev–Trinajstić information content (AvgIpc) is 2.80. The van der Waals surface area contributed by atoms with Crippen molar-refractivity contribution in [3.8, 4) is 0 Å². The molecule has 0 aliphatic rings. The number of aryl methyl sites for hydroxylation is 1. The Labute approximate surface area is 147 Å². The standard InChI is InChI=1S/C14H16BrClN4OS/c1-2-3-12-18-19-14(22)20(12)8-13(21)17-7-9-4-5-10(15)6-11(9)16/h4-6H,2-3,7-8H2,1H3,(H,17,21)(H,19,22). The SMILES string of the molecule is CCCc1n[nH]c(=S)n1CC(=O)NCc1ccc(Br)cc1Cl. The third kappa shape index (κ3) is 4.41. The molecule has 1 aromatic heterocycles. The topological polar surface area (TPSA) is 62.7 Å². The highest BCUT2D eigenvalue weighted by molar-refractivity contribution is 9.10. The maximum Gasteiger partial charge on any atom is 0.240 e. The first kappa shape index (κ1) is 17.2. The molecular weight excluding hydrogens is 388 g/mol. The molecule has 0 aliphatic heterocycles. The van der Waals surface area contributed by atoms with Crippen LogP contribution in [-0.2, 0) is 24.3 Å². The predicted octanol–water partition coefficient (Wildman–Crippen LogP) is 3.63. The summed E-state index contributed by atoms with van der Waals surface area (Å²) in [5.41, 5.74) is 0.864. The van der Waals surface area contributed by atoms with Gasteiger partial charge in [-0.05, 0) is 36.3 Å². The summed E-state index contributed by atoms with van der Waals surface area (Å²) in [4.78, 5) is 12.1. The van der Waals surface area contributed by atoms with Gasteiger partial charge in [0.15, 0.2) is 4.77 Å². The van der Waals surface area contributed by atoms with E-state index in [4.69, 9.17) is 23.8 Å². The molecule has 0 bridgehead atoms. The molecule has 2 aromatic rings. The first-order valence-corrected chi connectivity index (χ1v) is 8.44. The van der Waals surface area contributed by atoms with Crippen molar-refractivity contribution in [3.63, 3.8) is 0 Å². The van der Waals surface area contributed by atoms with Crippen molar-refractivity contribution < 1.29 is 4.79 Å². The Hall–Kier alpha value is -1.18. The quantitative estimate of drug-likeness (QED) is 0.724. The molecule has 1 amide bonds. The fourth-order valence-corrected chi connectivity index (χ4v) is 2.94. The van der Waals surface area contributed by atoms with E-state index in [9.17, 15) is 4.79 Å². The summed E-state index contributed by atoms with van der Waals surface area (Å²) in [5.74, 6) is 0.665. The van der Waals surface area contributed by atoms with Crippen LogP contribution in [0.25, 0.3) is 0 Å². The number of halogens is 2. The minimum Gasteiger partial charge on any atom is -0.350 e. The molecule has 8 heteroatoms. The number of hydrogen-bond acceptors (Lipinski definition) is 3. The highest BCUT2D eigenvalue weighted by Crippen LogP contribution is 2.21. The number of nitrogens with zero attached hydrogens (tertiary/aromatic N) is 2. The van der Waals surface area contributed by atoms with E-state index in [1.165, 1.54) is 0 Å². The summed E-state index contributed by atoms with van der Waals surface area (Å²) in [5, 5.41) is 10.3. The number of rotatable bonds is 6. The van der Waals surface area contributed by atoms with Gasteiger partial charge >= 0.3 is 0 Å². The lowest BCUT2D eigenvalue weighted by molar-refractivity contribution is -0.121. The highest BCUT2D eigenvalue weighted by Gasteiger charge is 2.10. The minimum atomic E-state index is -0.131. The van der Waals surface area contributed by atoms with E-state index in [-0.39, 0.29) is 12.5 Å². The Morgan fingerprint density at radius 3 is 3.00 bits per heavy atom. The largest absolute Gasteiger partial charge is 0.350 e. The zero-order valence-corrected chi connectivity index (χ0v) is 15.2. The first-order chi connectivity index (χ1) is 10.5. The molecule has 2 N–H and O–H groups in total.